The maximum Gasteiger partial charge on any atom is 0.274 e. The zero-order chi connectivity index (χ0) is 14.5. The molecule has 0 radical (unpaired) electrons. The first-order valence-corrected chi connectivity index (χ1v) is 6.71. The van der Waals surface area contributed by atoms with Crippen LogP contribution in [0.15, 0.2) is 12.4 Å². The van der Waals surface area contributed by atoms with Gasteiger partial charge in [0, 0.05) is 26.7 Å². The average molecular weight is 277 g/mol. The van der Waals surface area contributed by atoms with E-state index in [2.05, 4.69) is 15.3 Å². The number of amides is 2. The van der Waals surface area contributed by atoms with Gasteiger partial charge in [0.2, 0.25) is 5.91 Å². The third kappa shape index (κ3) is 3.23. The lowest BCUT2D eigenvalue weighted by atomic mass is 10.3. The largest absolute Gasteiger partial charge is 0.369 e. The van der Waals surface area contributed by atoms with Gasteiger partial charge in [-0.05, 0) is 13.3 Å². The average Bonchev–Trinajstić information content (AvgIpc) is 2.62. The standard InChI is InChI=1S/C13H19N5O2/c1-3-14-11-8-15-10(7-16-11)13(20)18-6-4-5-17(2)12(19)9-18/h7-8H,3-6,9H2,1-2H3,(H,14,16). The Bertz CT molecular complexity index is 488. The van der Waals surface area contributed by atoms with Gasteiger partial charge in [0.15, 0.2) is 0 Å². The van der Waals surface area contributed by atoms with E-state index in [9.17, 15) is 9.59 Å². The van der Waals surface area contributed by atoms with E-state index in [0.29, 0.717) is 18.9 Å². The van der Waals surface area contributed by atoms with E-state index in [-0.39, 0.29) is 24.1 Å². The first-order chi connectivity index (χ1) is 9.61. The van der Waals surface area contributed by atoms with Crippen LogP contribution < -0.4 is 5.32 Å². The molecular formula is C13H19N5O2. The minimum absolute atomic E-state index is 0.0481. The summed E-state index contributed by atoms with van der Waals surface area (Å²) in [5, 5.41) is 3.02. The number of hydrogen-bond donors (Lipinski definition) is 1. The van der Waals surface area contributed by atoms with Crippen molar-refractivity contribution < 1.29 is 9.59 Å². The Kier molecular flexibility index (Phi) is 4.49. The second-order valence-electron chi connectivity index (χ2n) is 4.71. The summed E-state index contributed by atoms with van der Waals surface area (Å²) in [6.07, 6.45) is 3.75. The number of likely N-dealkylation sites (N-methyl/N-ethyl adjacent to an activating group) is 1. The highest BCUT2D eigenvalue weighted by atomic mass is 16.2. The van der Waals surface area contributed by atoms with Crippen LogP contribution >= 0.6 is 0 Å². The van der Waals surface area contributed by atoms with Gasteiger partial charge in [0.25, 0.3) is 5.91 Å². The van der Waals surface area contributed by atoms with E-state index in [1.165, 1.54) is 17.3 Å². The SMILES string of the molecule is CCNc1cnc(C(=O)N2CCCN(C)C(=O)C2)cn1. The molecule has 1 saturated heterocycles. The molecule has 1 aromatic heterocycles. The maximum atomic E-state index is 12.3. The van der Waals surface area contributed by atoms with Gasteiger partial charge in [-0.15, -0.1) is 0 Å². The van der Waals surface area contributed by atoms with Crippen molar-refractivity contribution in [2.75, 3.05) is 38.5 Å². The second-order valence-corrected chi connectivity index (χ2v) is 4.71. The first kappa shape index (κ1) is 14.2. The number of anilines is 1. The lowest BCUT2D eigenvalue weighted by molar-refractivity contribution is -0.129. The Hall–Kier alpha value is -2.18. The Morgan fingerprint density at radius 1 is 1.35 bits per heavy atom. The van der Waals surface area contributed by atoms with Gasteiger partial charge in [-0.1, -0.05) is 0 Å². The minimum atomic E-state index is -0.246. The van der Waals surface area contributed by atoms with Crippen molar-refractivity contribution in [1.82, 2.24) is 19.8 Å². The second kappa shape index (κ2) is 6.31. The van der Waals surface area contributed by atoms with Gasteiger partial charge in [0.1, 0.15) is 18.1 Å². The predicted octanol–water partition coefficient (Wildman–Crippen LogP) is 0.213. The quantitative estimate of drug-likeness (QED) is 0.854. The summed E-state index contributed by atoms with van der Waals surface area (Å²) in [5.41, 5.74) is 0.268. The van der Waals surface area contributed by atoms with Crippen molar-refractivity contribution in [2.24, 2.45) is 0 Å². The Labute approximate surface area is 118 Å². The highest BCUT2D eigenvalue weighted by molar-refractivity contribution is 5.94. The molecule has 0 saturated carbocycles. The monoisotopic (exact) mass is 277 g/mol. The molecule has 7 nitrogen and oxygen atoms in total. The number of aromatic nitrogens is 2. The molecule has 0 spiro atoms. The fraction of sp³-hybridized carbons (Fsp3) is 0.538. The van der Waals surface area contributed by atoms with Crippen molar-refractivity contribution in [2.45, 2.75) is 13.3 Å². The first-order valence-electron chi connectivity index (χ1n) is 6.71. The van der Waals surface area contributed by atoms with Crippen LogP contribution in [-0.4, -0.2) is 64.8 Å². The molecule has 0 atom stereocenters. The summed E-state index contributed by atoms with van der Waals surface area (Å²) < 4.78 is 0. The molecular weight excluding hydrogens is 258 g/mol. The number of nitrogens with one attached hydrogen (secondary N) is 1. The van der Waals surface area contributed by atoms with E-state index in [4.69, 9.17) is 0 Å². The third-order valence-corrected chi connectivity index (χ3v) is 3.19. The van der Waals surface area contributed by atoms with Gasteiger partial charge in [0.05, 0.1) is 12.4 Å². The Morgan fingerprint density at radius 3 is 2.80 bits per heavy atom. The van der Waals surface area contributed by atoms with Crippen molar-refractivity contribution >= 4 is 17.6 Å². The summed E-state index contributed by atoms with van der Waals surface area (Å²) >= 11 is 0. The van der Waals surface area contributed by atoms with Crippen LogP contribution in [0.4, 0.5) is 5.82 Å². The van der Waals surface area contributed by atoms with Crippen molar-refractivity contribution in [3.05, 3.63) is 18.1 Å². The number of carbonyl (C=O) groups is 2. The van der Waals surface area contributed by atoms with Gasteiger partial charge in [-0.2, -0.15) is 0 Å². The molecule has 20 heavy (non-hydrogen) atoms. The molecule has 2 heterocycles. The van der Waals surface area contributed by atoms with Crippen LogP contribution in [0, 0.1) is 0 Å². The third-order valence-electron chi connectivity index (χ3n) is 3.19. The van der Waals surface area contributed by atoms with Crippen LogP contribution in [0.1, 0.15) is 23.8 Å². The zero-order valence-corrected chi connectivity index (χ0v) is 11.8. The Balaban J connectivity index is 2.08. The molecule has 1 aliphatic rings. The van der Waals surface area contributed by atoms with Gasteiger partial charge in [-0.25, -0.2) is 9.97 Å². The van der Waals surface area contributed by atoms with Crippen LogP contribution in [0.25, 0.3) is 0 Å². The van der Waals surface area contributed by atoms with E-state index < -0.39 is 0 Å². The molecule has 1 aliphatic heterocycles. The van der Waals surface area contributed by atoms with Crippen molar-refractivity contribution in [3.63, 3.8) is 0 Å². The fourth-order valence-electron chi connectivity index (χ4n) is 2.03. The smallest absolute Gasteiger partial charge is 0.274 e. The number of carbonyl (C=O) groups excluding carboxylic acids is 2. The molecule has 0 bridgehead atoms. The van der Waals surface area contributed by atoms with Crippen LogP contribution in [0.3, 0.4) is 0 Å². The molecule has 2 amide bonds. The molecule has 0 aliphatic carbocycles. The molecule has 2 rings (SSSR count). The minimum Gasteiger partial charge on any atom is -0.369 e. The summed E-state index contributed by atoms with van der Waals surface area (Å²) in [7, 11) is 1.75. The lowest BCUT2D eigenvalue weighted by Gasteiger charge is -2.19. The van der Waals surface area contributed by atoms with E-state index >= 15 is 0 Å². The van der Waals surface area contributed by atoms with E-state index in [0.717, 1.165) is 13.0 Å². The number of rotatable bonds is 3. The number of hydrogen-bond acceptors (Lipinski definition) is 5. The Morgan fingerprint density at radius 2 is 2.15 bits per heavy atom. The maximum absolute atomic E-state index is 12.3. The molecule has 1 fully saturated rings. The lowest BCUT2D eigenvalue weighted by Crippen LogP contribution is -2.38. The predicted molar refractivity (Wildman–Crippen MR) is 74.4 cm³/mol. The molecule has 1 N–H and O–H groups in total. The van der Waals surface area contributed by atoms with E-state index in [1.54, 1.807) is 11.9 Å². The molecule has 1 aromatic rings. The highest BCUT2D eigenvalue weighted by Gasteiger charge is 2.24. The summed E-state index contributed by atoms with van der Waals surface area (Å²) in [4.78, 5) is 35.5. The molecule has 0 aromatic carbocycles. The molecule has 7 heteroatoms. The summed E-state index contributed by atoms with van der Waals surface area (Å²) in [6, 6.07) is 0. The normalized spacial score (nSPS) is 16.0. The topological polar surface area (TPSA) is 78.4 Å². The van der Waals surface area contributed by atoms with E-state index in [1.807, 2.05) is 6.92 Å². The zero-order valence-electron chi connectivity index (χ0n) is 11.8. The van der Waals surface area contributed by atoms with Gasteiger partial charge in [-0.3, -0.25) is 9.59 Å². The van der Waals surface area contributed by atoms with Crippen LogP contribution in [-0.2, 0) is 4.79 Å². The van der Waals surface area contributed by atoms with Crippen LogP contribution in [0.2, 0.25) is 0 Å². The van der Waals surface area contributed by atoms with Crippen molar-refractivity contribution in [1.29, 1.82) is 0 Å². The van der Waals surface area contributed by atoms with Gasteiger partial charge < -0.3 is 15.1 Å². The number of nitrogens with zero attached hydrogens (tertiary/aromatic N) is 4. The highest BCUT2D eigenvalue weighted by Crippen LogP contribution is 2.08. The molecule has 0 unspecified atom stereocenters. The summed E-state index contributed by atoms with van der Waals surface area (Å²) in [5.74, 6) is 0.341. The molecule has 108 valence electrons. The summed E-state index contributed by atoms with van der Waals surface area (Å²) in [6.45, 7) is 4.04. The fourth-order valence-corrected chi connectivity index (χ4v) is 2.03. The van der Waals surface area contributed by atoms with Gasteiger partial charge >= 0.3 is 0 Å². The van der Waals surface area contributed by atoms with Crippen molar-refractivity contribution in [3.8, 4) is 0 Å². The van der Waals surface area contributed by atoms with Crippen LogP contribution in [0.5, 0.6) is 0 Å².